The number of H-pyrrole nitrogens is 1. The van der Waals surface area contributed by atoms with E-state index in [2.05, 4.69) is 37.1 Å². The number of aromatic nitrogens is 4. The predicted molar refractivity (Wildman–Crippen MR) is 81.5 cm³/mol. The quantitative estimate of drug-likeness (QED) is 0.862. The number of aromatic amines is 1. The van der Waals surface area contributed by atoms with Crippen LogP contribution in [0.25, 0.3) is 0 Å². The summed E-state index contributed by atoms with van der Waals surface area (Å²) in [5.74, 6) is 0. The molecule has 8 heteroatoms. The molecule has 3 rings (SSSR count). The Bertz CT molecular complexity index is 564. The highest BCUT2D eigenvalue weighted by Gasteiger charge is 2.23. The first kappa shape index (κ1) is 14.4. The van der Waals surface area contributed by atoms with Gasteiger partial charge in [-0.25, -0.2) is 4.98 Å². The number of rotatable bonds is 3. The van der Waals surface area contributed by atoms with Gasteiger partial charge in [0.15, 0.2) is 5.13 Å². The lowest BCUT2D eigenvalue weighted by Gasteiger charge is -2.20. The summed E-state index contributed by atoms with van der Waals surface area (Å²) in [4.78, 5) is 10.2. The van der Waals surface area contributed by atoms with Gasteiger partial charge in [-0.1, -0.05) is 0 Å². The van der Waals surface area contributed by atoms with Crippen molar-refractivity contribution in [1.29, 1.82) is 0 Å². The lowest BCUT2D eigenvalue weighted by Crippen LogP contribution is -2.33. The number of nitrogens with zero attached hydrogens (tertiary/aromatic N) is 5. The molecule has 21 heavy (non-hydrogen) atoms. The van der Waals surface area contributed by atoms with Crippen molar-refractivity contribution in [3.63, 3.8) is 0 Å². The van der Waals surface area contributed by atoms with Gasteiger partial charge in [-0.15, -0.1) is 11.3 Å². The highest BCUT2D eigenvalue weighted by Crippen LogP contribution is 2.26. The van der Waals surface area contributed by atoms with Crippen molar-refractivity contribution in [3.05, 3.63) is 22.5 Å². The Morgan fingerprint density at radius 3 is 2.90 bits per heavy atom. The zero-order valence-corrected chi connectivity index (χ0v) is 13.1. The molecule has 1 atom stereocenters. The summed E-state index contributed by atoms with van der Waals surface area (Å²) in [6.45, 7) is 7.83. The minimum Gasteiger partial charge on any atom is -0.390 e. The monoisotopic (exact) mass is 308 g/mol. The van der Waals surface area contributed by atoms with Crippen LogP contribution in [0.15, 0.2) is 6.20 Å². The van der Waals surface area contributed by atoms with E-state index >= 15 is 0 Å². The Morgan fingerprint density at radius 1 is 1.38 bits per heavy atom. The van der Waals surface area contributed by atoms with E-state index in [1.54, 1.807) is 17.5 Å². The third kappa shape index (κ3) is 3.39. The normalized spacial score (nSPS) is 20.7. The summed E-state index contributed by atoms with van der Waals surface area (Å²) in [6, 6.07) is 0. The number of β-amino-alcohol motifs (C(OH)–C–C–N with tert-alkyl or cyclic N) is 1. The summed E-state index contributed by atoms with van der Waals surface area (Å²) >= 11 is 1.70. The van der Waals surface area contributed by atoms with Gasteiger partial charge in [-0.05, 0) is 13.8 Å². The molecule has 0 aromatic carbocycles. The first-order valence-electron chi connectivity index (χ1n) is 7.06. The van der Waals surface area contributed by atoms with E-state index in [4.69, 9.17) is 0 Å². The van der Waals surface area contributed by atoms with Crippen molar-refractivity contribution < 1.29 is 5.11 Å². The Kier molecular flexibility index (Phi) is 4.18. The summed E-state index contributed by atoms with van der Waals surface area (Å²) in [5, 5.41) is 21.8. The third-order valence-electron chi connectivity index (χ3n) is 3.72. The fourth-order valence-corrected chi connectivity index (χ4v) is 3.44. The first-order chi connectivity index (χ1) is 10.1. The number of hydrogen-bond acceptors (Lipinski definition) is 7. The van der Waals surface area contributed by atoms with Gasteiger partial charge in [-0.2, -0.15) is 15.4 Å². The van der Waals surface area contributed by atoms with Gasteiger partial charge in [-0.3, -0.25) is 4.90 Å². The van der Waals surface area contributed by atoms with Crippen molar-refractivity contribution in [1.82, 2.24) is 25.3 Å². The highest BCUT2D eigenvalue weighted by molar-refractivity contribution is 7.15. The fourth-order valence-electron chi connectivity index (χ4n) is 2.49. The largest absolute Gasteiger partial charge is 0.390 e. The summed E-state index contributed by atoms with van der Waals surface area (Å²) in [6.07, 6.45) is 1.34. The van der Waals surface area contributed by atoms with Gasteiger partial charge < -0.3 is 10.0 Å². The Hall–Kier alpha value is -1.51. The van der Waals surface area contributed by atoms with Crippen LogP contribution in [0.4, 0.5) is 5.13 Å². The number of aliphatic hydroxyl groups excluding tert-OH is 1. The molecule has 1 fully saturated rings. The topological polar surface area (TPSA) is 81.2 Å². The maximum absolute atomic E-state index is 10.2. The number of hydrogen-bond donors (Lipinski definition) is 2. The molecule has 7 nitrogen and oxygen atoms in total. The molecule has 0 amide bonds. The molecule has 2 aromatic heterocycles. The minimum absolute atomic E-state index is 0.385. The standard InChI is InChI=1S/C13H20N6OS/c1-9-10(2)21-13(15-9)19-4-3-18(7-12(20)8-19)6-11-5-14-17-16-11/h5,12,20H,3-4,6-8H2,1-2H3,(H,14,16,17)/t12-/m1/s1. The molecule has 1 saturated heterocycles. The Morgan fingerprint density at radius 2 is 2.24 bits per heavy atom. The van der Waals surface area contributed by atoms with Crippen molar-refractivity contribution in [2.75, 3.05) is 31.1 Å². The second kappa shape index (κ2) is 6.08. The molecule has 0 saturated carbocycles. The number of aliphatic hydroxyl groups is 1. The molecule has 2 aromatic rings. The zero-order chi connectivity index (χ0) is 14.8. The van der Waals surface area contributed by atoms with Crippen LogP contribution in [-0.2, 0) is 6.54 Å². The molecule has 2 N–H and O–H groups in total. The van der Waals surface area contributed by atoms with E-state index in [0.717, 1.165) is 29.6 Å². The molecule has 0 bridgehead atoms. The SMILES string of the molecule is Cc1nc(N2CCN(Cc3cn[nH]n3)C[C@@H](O)C2)sc1C. The van der Waals surface area contributed by atoms with E-state index in [1.807, 2.05) is 6.92 Å². The summed E-state index contributed by atoms with van der Waals surface area (Å²) in [7, 11) is 0. The van der Waals surface area contributed by atoms with E-state index in [-0.39, 0.29) is 6.10 Å². The molecule has 0 radical (unpaired) electrons. The predicted octanol–water partition coefficient (Wildman–Crippen LogP) is 0.561. The lowest BCUT2D eigenvalue weighted by molar-refractivity contribution is 0.128. The number of thiazole rings is 1. The van der Waals surface area contributed by atoms with Crippen LogP contribution >= 0.6 is 11.3 Å². The average molecular weight is 308 g/mol. The van der Waals surface area contributed by atoms with Crippen LogP contribution in [0.3, 0.4) is 0 Å². The van der Waals surface area contributed by atoms with Crippen LogP contribution < -0.4 is 4.90 Å². The molecule has 0 unspecified atom stereocenters. The minimum atomic E-state index is -0.385. The van der Waals surface area contributed by atoms with Crippen molar-refractivity contribution in [3.8, 4) is 0 Å². The molecular formula is C13H20N6OS. The summed E-state index contributed by atoms with van der Waals surface area (Å²) in [5.41, 5.74) is 1.98. The molecule has 3 heterocycles. The van der Waals surface area contributed by atoms with Crippen molar-refractivity contribution in [2.45, 2.75) is 26.5 Å². The van der Waals surface area contributed by atoms with E-state index in [9.17, 15) is 5.11 Å². The molecule has 1 aliphatic rings. The maximum Gasteiger partial charge on any atom is 0.185 e. The molecule has 1 aliphatic heterocycles. The number of nitrogens with one attached hydrogen (secondary N) is 1. The molecule has 114 valence electrons. The van der Waals surface area contributed by atoms with Crippen LogP contribution in [0.5, 0.6) is 0 Å². The highest BCUT2D eigenvalue weighted by atomic mass is 32.1. The average Bonchev–Trinajstić information content (AvgIpc) is 3.00. The van der Waals surface area contributed by atoms with Gasteiger partial charge in [0.2, 0.25) is 0 Å². The number of anilines is 1. The van der Waals surface area contributed by atoms with Crippen LogP contribution in [0.1, 0.15) is 16.3 Å². The second-order valence-corrected chi connectivity index (χ2v) is 6.62. The van der Waals surface area contributed by atoms with Crippen molar-refractivity contribution in [2.24, 2.45) is 0 Å². The smallest absolute Gasteiger partial charge is 0.185 e. The number of aryl methyl sites for hydroxylation is 2. The first-order valence-corrected chi connectivity index (χ1v) is 7.87. The fraction of sp³-hybridized carbons (Fsp3) is 0.615. The second-order valence-electron chi connectivity index (χ2n) is 5.43. The van der Waals surface area contributed by atoms with Gasteiger partial charge in [0.25, 0.3) is 0 Å². The van der Waals surface area contributed by atoms with Gasteiger partial charge in [0.05, 0.1) is 23.7 Å². The maximum atomic E-state index is 10.2. The lowest BCUT2D eigenvalue weighted by atomic mass is 10.3. The Balaban J connectivity index is 1.67. The zero-order valence-electron chi connectivity index (χ0n) is 12.3. The van der Waals surface area contributed by atoms with Crippen LogP contribution in [0, 0.1) is 13.8 Å². The van der Waals surface area contributed by atoms with Crippen LogP contribution in [0.2, 0.25) is 0 Å². The van der Waals surface area contributed by atoms with E-state index in [1.165, 1.54) is 4.88 Å². The van der Waals surface area contributed by atoms with Gasteiger partial charge in [0.1, 0.15) is 0 Å². The van der Waals surface area contributed by atoms with Crippen molar-refractivity contribution >= 4 is 16.5 Å². The molecule has 0 aliphatic carbocycles. The molecular weight excluding hydrogens is 288 g/mol. The van der Waals surface area contributed by atoms with Crippen LogP contribution in [-0.4, -0.2) is 62.7 Å². The van der Waals surface area contributed by atoms with E-state index < -0.39 is 0 Å². The van der Waals surface area contributed by atoms with E-state index in [0.29, 0.717) is 19.6 Å². The van der Waals surface area contributed by atoms with Gasteiger partial charge >= 0.3 is 0 Å². The molecule has 0 spiro atoms. The third-order valence-corrected chi connectivity index (χ3v) is 4.86. The Labute approximate surface area is 127 Å². The summed E-state index contributed by atoms with van der Waals surface area (Å²) < 4.78 is 0. The van der Waals surface area contributed by atoms with Gasteiger partial charge in [0, 0.05) is 37.6 Å².